The van der Waals surface area contributed by atoms with Crippen molar-refractivity contribution in [2.75, 3.05) is 0 Å². The van der Waals surface area contributed by atoms with Crippen LogP contribution in [0.2, 0.25) is 0 Å². The van der Waals surface area contributed by atoms with Crippen LogP contribution in [0.1, 0.15) is 32.8 Å². The summed E-state index contributed by atoms with van der Waals surface area (Å²) in [6.07, 6.45) is 2.28. The molecule has 2 rings (SSSR count). The molecular weight excluding hydrogens is 264 g/mol. The first-order valence-electron chi connectivity index (χ1n) is 7.28. The SMILES string of the molecule is C=CC(C)N1C(=O)C(C)(c2ccccc2)NC(=O)C1CC. The van der Waals surface area contributed by atoms with Crippen LogP contribution >= 0.6 is 0 Å². The Hall–Kier alpha value is -2.10. The molecule has 0 radical (unpaired) electrons. The Morgan fingerprint density at radius 1 is 1.38 bits per heavy atom. The molecule has 0 aromatic heterocycles. The van der Waals surface area contributed by atoms with Gasteiger partial charge in [0.25, 0.3) is 5.91 Å². The number of amides is 2. The van der Waals surface area contributed by atoms with E-state index in [1.165, 1.54) is 0 Å². The van der Waals surface area contributed by atoms with E-state index in [1.807, 2.05) is 44.2 Å². The molecule has 2 amide bonds. The van der Waals surface area contributed by atoms with E-state index >= 15 is 0 Å². The third-order valence-electron chi connectivity index (χ3n) is 4.19. The van der Waals surface area contributed by atoms with Gasteiger partial charge in [-0.3, -0.25) is 9.59 Å². The molecule has 0 saturated carbocycles. The smallest absolute Gasteiger partial charge is 0.253 e. The van der Waals surface area contributed by atoms with Gasteiger partial charge >= 0.3 is 0 Å². The van der Waals surface area contributed by atoms with E-state index in [9.17, 15) is 9.59 Å². The summed E-state index contributed by atoms with van der Waals surface area (Å²) in [5, 5.41) is 2.90. The third-order valence-corrected chi connectivity index (χ3v) is 4.19. The van der Waals surface area contributed by atoms with Gasteiger partial charge in [-0.1, -0.05) is 43.3 Å². The molecule has 21 heavy (non-hydrogen) atoms. The van der Waals surface area contributed by atoms with Crippen molar-refractivity contribution in [3.63, 3.8) is 0 Å². The quantitative estimate of drug-likeness (QED) is 0.863. The van der Waals surface area contributed by atoms with Gasteiger partial charge in [0.15, 0.2) is 0 Å². The second-order valence-electron chi connectivity index (χ2n) is 5.59. The third kappa shape index (κ3) is 2.46. The summed E-state index contributed by atoms with van der Waals surface area (Å²) in [6.45, 7) is 9.31. The maximum absolute atomic E-state index is 13.0. The predicted octanol–water partition coefficient (Wildman–Crippen LogP) is 2.21. The maximum atomic E-state index is 13.0. The second-order valence-corrected chi connectivity index (χ2v) is 5.59. The molecule has 3 atom stereocenters. The van der Waals surface area contributed by atoms with Crippen molar-refractivity contribution in [2.24, 2.45) is 0 Å². The summed E-state index contributed by atoms with van der Waals surface area (Å²) in [4.78, 5) is 27.1. The number of carbonyl (C=O) groups excluding carboxylic acids is 2. The van der Waals surface area contributed by atoms with Crippen LogP contribution in [0.25, 0.3) is 0 Å². The second kappa shape index (κ2) is 5.72. The zero-order chi connectivity index (χ0) is 15.6. The molecule has 3 unspecified atom stereocenters. The van der Waals surface area contributed by atoms with Crippen molar-refractivity contribution in [1.82, 2.24) is 10.2 Å². The van der Waals surface area contributed by atoms with Gasteiger partial charge in [-0.15, -0.1) is 6.58 Å². The van der Waals surface area contributed by atoms with Crippen LogP contribution in [0.3, 0.4) is 0 Å². The van der Waals surface area contributed by atoms with E-state index in [0.717, 1.165) is 5.56 Å². The van der Waals surface area contributed by atoms with Crippen molar-refractivity contribution in [1.29, 1.82) is 0 Å². The van der Waals surface area contributed by atoms with E-state index in [0.29, 0.717) is 6.42 Å². The highest BCUT2D eigenvalue weighted by atomic mass is 16.2. The fourth-order valence-corrected chi connectivity index (χ4v) is 2.84. The highest BCUT2D eigenvalue weighted by Crippen LogP contribution is 2.30. The van der Waals surface area contributed by atoms with E-state index in [4.69, 9.17) is 0 Å². The molecule has 1 N–H and O–H groups in total. The summed E-state index contributed by atoms with van der Waals surface area (Å²) in [6, 6.07) is 8.72. The average Bonchev–Trinajstić information content (AvgIpc) is 2.50. The number of piperazine rings is 1. The van der Waals surface area contributed by atoms with Crippen LogP contribution in [0, 0.1) is 0 Å². The Morgan fingerprint density at radius 2 is 2.00 bits per heavy atom. The molecule has 1 aliphatic rings. The summed E-state index contributed by atoms with van der Waals surface area (Å²) in [5.41, 5.74) is -0.236. The summed E-state index contributed by atoms with van der Waals surface area (Å²) in [7, 11) is 0. The lowest BCUT2D eigenvalue weighted by Crippen LogP contribution is -2.68. The number of nitrogens with zero attached hydrogens (tertiary/aromatic N) is 1. The van der Waals surface area contributed by atoms with Gasteiger partial charge in [-0.2, -0.15) is 0 Å². The molecule has 0 spiro atoms. The molecule has 1 saturated heterocycles. The van der Waals surface area contributed by atoms with Crippen molar-refractivity contribution >= 4 is 11.8 Å². The van der Waals surface area contributed by atoms with Crippen LogP contribution in [0.15, 0.2) is 43.0 Å². The molecule has 1 aromatic carbocycles. The van der Waals surface area contributed by atoms with Gasteiger partial charge in [0.1, 0.15) is 11.6 Å². The lowest BCUT2D eigenvalue weighted by Gasteiger charge is -2.46. The topological polar surface area (TPSA) is 49.4 Å². The monoisotopic (exact) mass is 286 g/mol. The van der Waals surface area contributed by atoms with Crippen LogP contribution in [-0.4, -0.2) is 28.8 Å². The van der Waals surface area contributed by atoms with Crippen LogP contribution in [0.5, 0.6) is 0 Å². The fourth-order valence-electron chi connectivity index (χ4n) is 2.84. The van der Waals surface area contributed by atoms with Gasteiger partial charge in [0, 0.05) is 6.04 Å². The molecular formula is C17H22N2O2. The first-order valence-corrected chi connectivity index (χ1v) is 7.28. The Morgan fingerprint density at radius 3 is 2.52 bits per heavy atom. The largest absolute Gasteiger partial charge is 0.336 e. The summed E-state index contributed by atoms with van der Waals surface area (Å²) < 4.78 is 0. The number of carbonyl (C=O) groups is 2. The van der Waals surface area contributed by atoms with Crippen molar-refractivity contribution in [3.05, 3.63) is 48.6 Å². The van der Waals surface area contributed by atoms with Crippen LogP contribution in [0.4, 0.5) is 0 Å². The number of nitrogens with one attached hydrogen (secondary N) is 1. The molecule has 0 bridgehead atoms. The Balaban J connectivity index is 2.49. The van der Waals surface area contributed by atoms with Crippen molar-refractivity contribution in [3.8, 4) is 0 Å². The molecule has 112 valence electrons. The van der Waals surface area contributed by atoms with Crippen LogP contribution in [-0.2, 0) is 15.1 Å². The first kappa shape index (κ1) is 15.3. The summed E-state index contributed by atoms with van der Waals surface area (Å²) in [5.74, 6) is -0.204. The van der Waals surface area contributed by atoms with Gasteiger partial charge < -0.3 is 10.2 Å². The standard InChI is InChI=1S/C17H22N2O2/c1-5-12(3)19-14(6-2)15(20)18-17(4,16(19)21)13-10-8-7-9-11-13/h5,7-12,14H,1,6H2,2-4H3,(H,18,20). The number of hydrogen-bond acceptors (Lipinski definition) is 2. The molecule has 0 aliphatic carbocycles. The van der Waals surface area contributed by atoms with E-state index in [2.05, 4.69) is 11.9 Å². The van der Waals surface area contributed by atoms with Crippen molar-refractivity contribution < 1.29 is 9.59 Å². The molecule has 1 aromatic rings. The highest BCUT2D eigenvalue weighted by Gasteiger charge is 2.49. The minimum atomic E-state index is -1.03. The summed E-state index contributed by atoms with van der Waals surface area (Å²) >= 11 is 0. The van der Waals surface area contributed by atoms with Gasteiger partial charge in [0.2, 0.25) is 5.91 Å². The Kier molecular flexibility index (Phi) is 4.16. The fraction of sp³-hybridized carbons (Fsp3) is 0.412. The number of rotatable bonds is 4. The normalized spacial score (nSPS) is 27.2. The van der Waals surface area contributed by atoms with E-state index in [1.54, 1.807) is 17.9 Å². The minimum Gasteiger partial charge on any atom is -0.336 e. The Bertz CT molecular complexity index is 555. The molecule has 1 fully saturated rings. The first-order chi connectivity index (χ1) is 9.95. The van der Waals surface area contributed by atoms with E-state index in [-0.39, 0.29) is 17.9 Å². The number of benzene rings is 1. The molecule has 1 heterocycles. The molecule has 4 heteroatoms. The zero-order valence-electron chi connectivity index (χ0n) is 12.8. The molecule has 1 aliphatic heterocycles. The average molecular weight is 286 g/mol. The lowest BCUT2D eigenvalue weighted by molar-refractivity contribution is -0.156. The maximum Gasteiger partial charge on any atom is 0.253 e. The van der Waals surface area contributed by atoms with Gasteiger partial charge in [-0.05, 0) is 25.8 Å². The lowest BCUT2D eigenvalue weighted by atomic mass is 9.85. The van der Waals surface area contributed by atoms with Gasteiger partial charge in [0.05, 0.1) is 0 Å². The highest BCUT2D eigenvalue weighted by molar-refractivity contribution is 6.00. The minimum absolute atomic E-state index is 0.0902. The van der Waals surface area contributed by atoms with Crippen molar-refractivity contribution in [2.45, 2.75) is 44.8 Å². The zero-order valence-corrected chi connectivity index (χ0v) is 12.8. The van der Waals surface area contributed by atoms with Crippen LogP contribution < -0.4 is 5.32 Å². The predicted molar refractivity (Wildman–Crippen MR) is 82.5 cm³/mol. The molecule has 4 nitrogen and oxygen atoms in total. The number of hydrogen-bond donors (Lipinski definition) is 1. The van der Waals surface area contributed by atoms with E-state index < -0.39 is 11.6 Å². The van der Waals surface area contributed by atoms with Gasteiger partial charge in [-0.25, -0.2) is 0 Å². The Labute approximate surface area is 125 Å².